The fourth-order valence-electron chi connectivity index (χ4n) is 3.66. The second-order valence-corrected chi connectivity index (χ2v) is 11.2. The molecule has 3 aromatic rings. The van der Waals surface area contributed by atoms with Gasteiger partial charge < -0.3 is 0 Å². The molecule has 7 heteroatoms. The summed E-state index contributed by atoms with van der Waals surface area (Å²) in [6, 6.07) is 23.4. The SMILES string of the molecule is CCc1ccccc1N(CC(=O)N/N=C(/C)c1ccc(C(C)(C)C)cc1)S(=O)(=O)c1ccccc1. The van der Waals surface area contributed by atoms with Crippen LogP contribution in [0.5, 0.6) is 0 Å². The Balaban J connectivity index is 1.86. The number of hydrogen-bond donors (Lipinski definition) is 1. The summed E-state index contributed by atoms with van der Waals surface area (Å²) in [5, 5.41) is 4.23. The monoisotopic (exact) mass is 491 g/mol. The number of para-hydroxylation sites is 1. The Morgan fingerprint density at radius 2 is 1.51 bits per heavy atom. The summed E-state index contributed by atoms with van der Waals surface area (Å²) in [5.74, 6) is -0.527. The number of amides is 1. The van der Waals surface area contributed by atoms with Gasteiger partial charge in [-0.25, -0.2) is 13.8 Å². The number of anilines is 1. The molecule has 0 saturated heterocycles. The molecule has 0 heterocycles. The van der Waals surface area contributed by atoms with Gasteiger partial charge in [0.2, 0.25) is 0 Å². The van der Waals surface area contributed by atoms with Crippen molar-refractivity contribution in [2.24, 2.45) is 5.10 Å². The number of carbonyl (C=O) groups excluding carboxylic acids is 1. The summed E-state index contributed by atoms with van der Waals surface area (Å²) in [6.45, 7) is 9.80. The number of rotatable bonds is 8. The first-order valence-corrected chi connectivity index (χ1v) is 13.1. The summed E-state index contributed by atoms with van der Waals surface area (Å²) in [6.07, 6.45) is 0.625. The lowest BCUT2D eigenvalue weighted by atomic mass is 9.86. The molecule has 6 nitrogen and oxygen atoms in total. The summed E-state index contributed by atoms with van der Waals surface area (Å²) in [7, 11) is -3.97. The molecule has 0 bridgehead atoms. The third kappa shape index (κ3) is 6.36. The zero-order valence-corrected chi connectivity index (χ0v) is 21.8. The number of benzene rings is 3. The second kappa shape index (κ2) is 10.9. The Morgan fingerprint density at radius 3 is 2.11 bits per heavy atom. The standard InChI is InChI=1S/C28H33N3O3S/c1-6-22-12-10-11-15-26(22)31(35(33,34)25-13-8-7-9-14-25)20-27(32)30-29-21(2)23-16-18-24(19-17-23)28(3,4)5/h7-19H,6,20H2,1-5H3,(H,30,32)/b29-21-. The molecule has 0 atom stereocenters. The van der Waals surface area contributed by atoms with Crippen LogP contribution >= 0.6 is 0 Å². The van der Waals surface area contributed by atoms with Crippen molar-refractivity contribution in [3.05, 3.63) is 95.6 Å². The molecule has 0 spiro atoms. The van der Waals surface area contributed by atoms with E-state index in [2.05, 4.69) is 31.3 Å². The molecule has 3 rings (SSSR count). The van der Waals surface area contributed by atoms with Gasteiger partial charge in [-0.1, -0.05) is 88.4 Å². The fourth-order valence-corrected chi connectivity index (χ4v) is 5.14. The van der Waals surface area contributed by atoms with E-state index in [0.29, 0.717) is 17.8 Å². The van der Waals surface area contributed by atoms with E-state index >= 15 is 0 Å². The van der Waals surface area contributed by atoms with Gasteiger partial charge in [-0.3, -0.25) is 9.10 Å². The quantitative estimate of drug-likeness (QED) is 0.344. The van der Waals surface area contributed by atoms with Crippen molar-refractivity contribution in [2.75, 3.05) is 10.8 Å². The van der Waals surface area contributed by atoms with Crippen molar-refractivity contribution in [2.45, 2.75) is 51.3 Å². The molecular formula is C28H33N3O3S. The maximum Gasteiger partial charge on any atom is 0.264 e. The second-order valence-electron chi connectivity index (χ2n) is 9.37. The highest BCUT2D eigenvalue weighted by molar-refractivity contribution is 7.92. The van der Waals surface area contributed by atoms with Crippen molar-refractivity contribution >= 4 is 27.3 Å². The molecule has 3 aromatic carbocycles. The van der Waals surface area contributed by atoms with E-state index in [0.717, 1.165) is 15.4 Å². The van der Waals surface area contributed by atoms with E-state index in [-0.39, 0.29) is 10.3 Å². The van der Waals surface area contributed by atoms with E-state index in [4.69, 9.17) is 0 Å². The van der Waals surface area contributed by atoms with E-state index < -0.39 is 22.5 Å². The highest BCUT2D eigenvalue weighted by Crippen LogP contribution is 2.27. The van der Waals surface area contributed by atoms with Gasteiger partial charge >= 0.3 is 0 Å². The van der Waals surface area contributed by atoms with Crippen molar-refractivity contribution in [3.8, 4) is 0 Å². The van der Waals surface area contributed by atoms with Crippen molar-refractivity contribution in [1.29, 1.82) is 0 Å². The maximum atomic E-state index is 13.5. The third-order valence-corrected chi connectivity index (χ3v) is 7.55. The first-order valence-electron chi connectivity index (χ1n) is 11.6. The average molecular weight is 492 g/mol. The van der Waals surface area contributed by atoms with E-state index in [9.17, 15) is 13.2 Å². The van der Waals surface area contributed by atoms with Gasteiger partial charge in [0.25, 0.3) is 15.9 Å². The van der Waals surface area contributed by atoms with Crippen LogP contribution in [0.3, 0.4) is 0 Å². The lowest BCUT2D eigenvalue weighted by Gasteiger charge is -2.25. The minimum Gasteiger partial charge on any atom is -0.271 e. The molecule has 1 amide bonds. The maximum absolute atomic E-state index is 13.5. The zero-order chi connectivity index (χ0) is 25.6. The predicted molar refractivity (Wildman–Crippen MR) is 142 cm³/mol. The summed E-state index contributed by atoms with van der Waals surface area (Å²) in [5.41, 5.74) is 6.59. The smallest absolute Gasteiger partial charge is 0.264 e. The summed E-state index contributed by atoms with van der Waals surface area (Å²) in [4.78, 5) is 13.0. The lowest BCUT2D eigenvalue weighted by Crippen LogP contribution is -2.40. The summed E-state index contributed by atoms with van der Waals surface area (Å²) >= 11 is 0. The fraction of sp³-hybridized carbons (Fsp3) is 0.286. The number of hydrogen-bond acceptors (Lipinski definition) is 4. The number of sulfonamides is 1. The first kappa shape index (κ1) is 26.2. The molecule has 184 valence electrons. The van der Waals surface area contributed by atoms with Crippen LogP contribution in [0, 0.1) is 0 Å². The molecular weight excluding hydrogens is 458 g/mol. The highest BCUT2D eigenvalue weighted by Gasteiger charge is 2.28. The number of carbonyl (C=O) groups is 1. The van der Waals surface area contributed by atoms with Crippen LogP contribution in [0.25, 0.3) is 0 Å². The molecule has 0 fully saturated rings. The van der Waals surface area contributed by atoms with Crippen molar-refractivity contribution < 1.29 is 13.2 Å². The van der Waals surface area contributed by atoms with Gasteiger partial charge in [-0.2, -0.15) is 5.10 Å². The van der Waals surface area contributed by atoms with Crippen molar-refractivity contribution in [3.63, 3.8) is 0 Å². The van der Waals surface area contributed by atoms with E-state index in [1.807, 2.05) is 43.3 Å². The van der Waals surface area contributed by atoms with Gasteiger partial charge in [-0.15, -0.1) is 0 Å². The lowest BCUT2D eigenvalue weighted by molar-refractivity contribution is -0.119. The van der Waals surface area contributed by atoms with Crippen LogP contribution < -0.4 is 9.73 Å². The zero-order valence-electron chi connectivity index (χ0n) is 20.9. The summed E-state index contributed by atoms with van der Waals surface area (Å²) < 4.78 is 28.2. The highest BCUT2D eigenvalue weighted by atomic mass is 32.2. The average Bonchev–Trinajstić information content (AvgIpc) is 2.85. The predicted octanol–water partition coefficient (Wildman–Crippen LogP) is 5.28. The van der Waals surface area contributed by atoms with Crippen LogP contribution in [-0.2, 0) is 26.7 Å². The first-order chi connectivity index (χ1) is 16.5. The molecule has 0 aliphatic rings. The number of aryl methyl sites for hydroxylation is 1. The Bertz CT molecular complexity index is 1290. The minimum absolute atomic E-state index is 0.0419. The Labute approximate surface area is 208 Å². The van der Waals surface area contributed by atoms with Crippen LogP contribution in [0.1, 0.15) is 51.3 Å². The van der Waals surface area contributed by atoms with Gasteiger partial charge in [0.05, 0.1) is 16.3 Å². The molecule has 0 unspecified atom stereocenters. The number of hydrazone groups is 1. The van der Waals surface area contributed by atoms with Crippen LogP contribution in [0.4, 0.5) is 5.69 Å². The van der Waals surface area contributed by atoms with Crippen molar-refractivity contribution in [1.82, 2.24) is 5.43 Å². The Kier molecular flexibility index (Phi) is 8.12. The van der Waals surface area contributed by atoms with Gasteiger partial charge in [-0.05, 0) is 53.6 Å². The van der Waals surface area contributed by atoms with Crippen LogP contribution in [0.2, 0.25) is 0 Å². The molecule has 0 aliphatic heterocycles. The number of nitrogens with zero attached hydrogens (tertiary/aromatic N) is 2. The molecule has 0 radical (unpaired) electrons. The topological polar surface area (TPSA) is 78.8 Å². The Hall–Kier alpha value is -3.45. The molecule has 35 heavy (non-hydrogen) atoms. The molecule has 0 aliphatic carbocycles. The van der Waals surface area contributed by atoms with Gasteiger partial charge in [0.1, 0.15) is 6.54 Å². The van der Waals surface area contributed by atoms with E-state index in [1.54, 1.807) is 37.3 Å². The third-order valence-electron chi connectivity index (χ3n) is 5.78. The minimum atomic E-state index is -3.97. The normalized spacial score (nSPS) is 12.3. The van der Waals surface area contributed by atoms with Gasteiger partial charge in [0, 0.05) is 0 Å². The molecule has 1 N–H and O–H groups in total. The van der Waals surface area contributed by atoms with E-state index in [1.165, 1.54) is 17.7 Å². The number of nitrogens with one attached hydrogen (secondary N) is 1. The largest absolute Gasteiger partial charge is 0.271 e. The Morgan fingerprint density at radius 1 is 0.914 bits per heavy atom. The molecule has 0 saturated carbocycles. The van der Waals surface area contributed by atoms with Crippen LogP contribution in [-0.4, -0.2) is 26.6 Å². The van der Waals surface area contributed by atoms with Gasteiger partial charge in [0.15, 0.2) is 0 Å². The molecule has 0 aromatic heterocycles. The van der Waals surface area contributed by atoms with Crippen LogP contribution in [0.15, 0.2) is 88.9 Å².